The van der Waals surface area contributed by atoms with Gasteiger partial charge >= 0.3 is 5.97 Å². The van der Waals surface area contributed by atoms with Crippen LogP contribution in [0.2, 0.25) is 0 Å². The maximum atomic E-state index is 11.5. The molecule has 98 valence electrons. The molecule has 0 amide bonds. The van der Waals surface area contributed by atoms with Crippen LogP contribution in [0.5, 0.6) is 0 Å². The molecule has 3 rings (SSSR count). The van der Waals surface area contributed by atoms with Crippen LogP contribution in [0.4, 0.5) is 0 Å². The van der Waals surface area contributed by atoms with E-state index in [4.69, 9.17) is 4.42 Å². The fourth-order valence-corrected chi connectivity index (χ4v) is 3.03. The van der Waals surface area contributed by atoms with Gasteiger partial charge in [0.15, 0.2) is 16.4 Å². The normalized spacial score (nSPS) is 11.2. The third-order valence-electron chi connectivity index (χ3n) is 2.90. The molecule has 0 unspecified atom stereocenters. The summed E-state index contributed by atoms with van der Waals surface area (Å²) in [6, 6.07) is 3.59. The number of hydrogen-bond donors (Lipinski definition) is 1. The van der Waals surface area contributed by atoms with Crippen LogP contribution < -0.4 is 0 Å². The Morgan fingerprint density at radius 2 is 2.42 bits per heavy atom. The second kappa shape index (κ2) is 4.55. The highest BCUT2D eigenvalue weighted by Gasteiger charge is 2.22. The molecule has 5 nitrogen and oxygen atoms in total. The summed E-state index contributed by atoms with van der Waals surface area (Å²) in [5, 5.41) is 11.3. The first-order valence-electron chi connectivity index (χ1n) is 5.98. The second-order valence-electron chi connectivity index (χ2n) is 4.18. The van der Waals surface area contributed by atoms with Gasteiger partial charge in [0, 0.05) is 5.38 Å². The van der Waals surface area contributed by atoms with Crippen LogP contribution in [0.15, 0.2) is 28.2 Å². The summed E-state index contributed by atoms with van der Waals surface area (Å²) in [6.45, 7) is 2.01. The maximum Gasteiger partial charge on any atom is 0.354 e. The molecule has 0 aliphatic heterocycles. The van der Waals surface area contributed by atoms with Gasteiger partial charge in [0.2, 0.25) is 0 Å². The molecule has 3 aromatic rings. The predicted molar refractivity (Wildman–Crippen MR) is 71.7 cm³/mol. The number of hydrogen-bond acceptors (Lipinski definition) is 4. The number of aromatic nitrogens is 2. The average Bonchev–Trinajstić information content (AvgIpc) is 3.02. The van der Waals surface area contributed by atoms with Crippen molar-refractivity contribution in [3.05, 3.63) is 35.2 Å². The zero-order valence-corrected chi connectivity index (χ0v) is 11.1. The van der Waals surface area contributed by atoms with Gasteiger partial charge in [-0.05, 0) is 18.6 Å². The minimum absolute atomic E-state index is 0.240. The Kier molecular flexibility index (Phi) is 2.87. The summed E-state index contributed by atoms with van der Waals surface area (Å²) >= 11 is 1.42. The minimum Gasteiger partial charge on any atom is -0.477 e. The molecule has 0 aliphatic rings. The van der Waals surface area contributed by atoms with Crippen molar-refractivity contribution >= 4 is 22.3 Å². The van der Waals surface area contributed by atoms with Gasteiger partial charge < -0.3 is 9.52 Å². The summed E-state index contributed by atoms with van der Waals surface area (Å²) in [7, 11) is 0. The predicted octanol–water partition coefficient (Wildman–Crippen LogP) is 3.31. The van der Waals surface area contributed by atoms with Crippen molar-refractivity contribution in [1.29, 1.82) is 0 Å². The number of aryl methyl sites for hydroxylation is 1. The number of thiazole rings is 1. The lowest BCUT2D eigenvalue weighted by molar-refractivity contribution is 0.0688. The Balaban J connectivity index is 2.28. The number of carbonyl (C=O) groups is 1. The molecule has 0 bridgehead atoms. The van der Waals surface area contributed by atoms with Gasteiger partial charge in [-0.15, -0.1) is 11.3 Å². The third kappa shape index (κ3) is 1.84. The van der Waals surface area contributed by atoms with Gasteiger partial charge in [0.1, 0.15) is 5.69 Å². The lowest BCUT2D eigenvalue weighted by atomic mass is 10.2. The van der Waals surface area contributed by atoms with Crippen molar-refractivity contribution in [2.75, 3.05) is 0 Å². The third-order valence-corrected chi connectivity index (χ3v) is 3.72. The average molecular weight is 276 g/mol. The smallest absolute Gasteiger partial charge is 0.354 e. The molecule has 3 aromatic heterocycles. The van der Waals surface area contributed by atoms with E-state index >= 15 is 0 Å². The summed E-state index contributed by atoms with van der Waals surface area (Å²) in [5.41, 5.74) is 1.61. The fourth-order valence-electron chi connectivity index (χ4n) is 2.13. The lowest BCUT2D eigenvalue weighted by Gasteiger charge is -2.00. The summed E-state index contributed by atoms with van der Waals surface area (Å²) in [5.74, 6) is -0.309. The SMILES string of the molecule is CCCc1nc2scc(-c3ccco3)n2c1C(=O)O. The van der Waals surface area contributed by atoms with Crippen LogP contribution in [0.25, 0.3) is 16.4 Å². The minimum atomic E-state index is -0.956. The largest absolute Gasteiger partial charge is 0.477 e. The molecule has 1 N–H and O–H groups in total. The first-order chi connectivity index (χ1) is 9.22. The zero-order valence-electron chi connectivity index (χ0n) is 10.3. The van der Waals surface area contributed by atoms with Gasteiger partial charge in [0.05, 0.1) is 12.0 Å². The van der Waals surface area contributed by atoms with E-state index in [1.807, 2.05) is 18.4 Å². The molecule has 0 radical (unpaired) electrons. The molecule has 0 saturated carbocycles. The molecule has 0 atom stereocenters. The van der Waals surface area contributed by atoms with Crippen molar-refractivity contribution in [3.63, 3.8) is 0 Å². The van der Waals surface area contributed by atoms with Gasteiger partial charge in [-0.2, -0.15) is 0 Å². The number of nitrogens with zero attached hydrogens (tertiary/aromatic N) is 2. The molecule has 0 aliphatic carbocycles. The van der Waals surface area contributed by atoms with E-state index in [1.54, 1.807) is 16.7 Å². The van der Waals surface area contributed by atoms with Gasteiger partial charge in [-0.3, -0.25) is 4.40 Å². The number of aromatic carboxylic acids is 1. The molecule has 0 saturated heterocycles. The molecule has 0 aromatic carbocycles. The number of imidazole rings is 1. The van der Waals surface area contributed by atoms with Crippen molar-refractivity contribution in [2.45, 2.75) is 19.8 Å². The number of carboxylic acids is 1. The van der Waals surface area contributed by atoms with Crippen molar-refractivity contribution in [1.82, 2.24) is 9.38 Å². The van der Waals surface area contributed by atoms with E-state index in [0.717, 1.165) is 12.1 Å². The van der Waals surface area contributed by atoms with Crippen LogP contribution in [0.3, 0.4) is 0 Å². The van der Waals surface area contributed by atoms with Crippen LogP contribution in [0.1, 0.15) is 29.5 Å². The van der Waals surface area contributed by atoms with Gasteiger partial charge in [-0.25, -0.2) is 9.78 Å². The van der Waals surface area contributed by atoms with Crippen molar-refractivity contribution in [3.8, 4) is 11.5 Å². The highest BCUT2D eigenvalue weighted by molar-refractivity contribution is 7.15. The number of fused-ring (bicyclic) bond motifs is 1. The first-order valence-corrected chi connectivity index (χ1v) is 6.86. The van der Waals surface area contributed by atoms with E-state index in [-0.39, 0.29) is 5.69 Å². The Morgan fingerprint density at radius 3 is 3.05 bits per heavy atom. The number of furan rings is 1. The monoisotopic (exact) mass is 276 g/mol. The van der Waals surface area contributed by atoms with Crippen LogP contribution in [0, 0.1) is 0 Å². The molecule has 0 fully saturated rings. The lowest BCUT2D eigenvalue weighted by Crippen LogP contribution is -2.06. The molecule has 6 heteroatoms. The maximum absolute atomic E-state index is 11.5. The van der Waals surface area contributed by atoms with E-state index in [0.29, 0.717) is 22.8 Å². The van der Waals surface area contributed by atoms with Crippen LogP contribution >= 0.6 is 11.3 Å². The molecule has 0 spiro atoms. The van der Waals surface area contributed by atoms with E-state index < -0.39 is 5.97 Å². The Morgan fingerprint density at radius 1 is 1.58 bits per heavy atom. The topological polar surface area (TPSA) is 67.7 Å². The molecule has 19 heavy (non-hydrogen) atoms. The number of carboxylic acid groups (broad SMARTS) is 1. The van der Waals surface area contributed by atoms with Gasteiger partial charge in [0.25, 0.3) is 0 Å². The van der Waals surface area contributed by atoms with Gasteiger partial charge in [-0.1, -0.05) is 13.3 Å². The van der Waals surface area contributed by atoms with Crippen molar-refractivity contribution in [2.24, 2.45) is 0 Å². The summed E-state index contributed by atoms with van der Waals surface area (Å²) < 4.78 is 7.02. The number of rotatable bonds is 4. The fraction of sp³-hybridized carbons (Fsp3) is 0.231. The van der Waals surface area contributed by atoms with E-state index in [9.17, 15) is 9.90 Å². The van der Waals surface area contributed by atoms with E-state index in [1.165, 1.54) is 11.3 Å². The van der Waals surface area contributed by atoms with E-state index in [2.05, 4.69) is 4.98 Å². The zero-order chi connectivity index (χ0) is 13.4. The Hall–Kier alpha value is -2.08. The Labute approximate surface area is 113 Å². The summed E-state index contributed by atoms with van der Waals surface area (Å²) in [4.78, 5) is 16.6. The second-order valence-corrected chi connectivity index (χ2v) is 5.02. The highest BCUT2D eigenvalue weighted by Crippen LogP contribution is 2.29. The van der Waals surface area contributed by atoms with Crippen LogP contribution in [-0.2, 0) is 6.42 Å². The Bertz CT molecular complexity index is 725. The first kappa shape index (κ1) is 12.0. The highest BCUT2D eigenvalue weighted by atomic mass is 32.1. The summed E-state index contributed by atoms with van der Waals surface area (Å²) in [6.07, 6.45) is 3.10. The van der Waals surface area contributed by atoms with Crippen molar-refractivity contribution < 1.29 is 14.3 Å². The molecular formula is C13H12N2O3S. The molecule has 3 heterocycles. The quantitative estimate of drug-likeness (QED) is 0.793. The van der Waals surface area contributed by atoms with Crippen LogP contribution in [-0.4, -0.2) is 20.5 Å². The molecular weight excluding hydrogens is 264 g/mol. The standard InChI is InChI=1S/C13H12N2O3S/c1-2-4-8-11(12(16)17)15-9(7-19-13(15)14-8)10-5-3-6-18-10/h3,5-7H,2,4H2,1H3,(H,16,17).